The Morgan fingerprint density at radius 3 is 1.63 bits per heavy atom. The summed E-state index contributed by atoms with van der Waals surface area (Å²) < 4.78 is 0. The maximum Gasteiger partial charge on any atom is 0.300 e. The van der Waals surface area contributed by atoms with Gasteiger partial charge >= 0.3 is 0 Å². The highest BCUT2D eigenvalue weighted by Crippen LogP contribution is 2.36. The maximum atomic E-state index is 11.3. The third kappa shape index (κ3) is 10.2. The summed E-state index contributed by atoms with van der Waals surface area (Å²) in [7, 11) is 0. The minimum atomic E-state index is -0.833. The molecule has 0 fully saturated rings. The lowest BCUT2D eigenvalue weighted by atomic mass is 10.1. The first-order chi connectivity index (χ1) is 27.1. The molecule has 0 aliphatic carbocycles. The SMILES string of the molecule is CC(=O)Nc1nc2c(s1)CN(c1cc(-c3ncc(C)cc3C)c(Cl)cn1)CC2.CC(=O)O.Cc1cnc(-c2cc(N3CCc4nc(N)sc4C3)ncc2Cl)c(C)c1. The summed E-state index contributed by atoms with van der Waals surface area (Å²) in [5.41, 5.74) is 16.0. The van der Waals surface area contributed by atoms with Gasteiger partial charge in [0.2, 0.25) is 5.91 Å². The Balaban J connectivity index is 0.000000177. The predicted molar refractivity (Wildman–Crippen MR) is 230 cm³/mol. The van der Waals surface area contributed by atoms with Crippen LogP contribution < -0.4 is 20.9 Å². The first-order valence-corrected chi connectivity index (χ1v) is 20.4. The molecule has 13 nitrogen and oxygen atoms in total. The summed E-state index contributed by atoms with van der Waals surface area (Å²) in [6.07, 6.45) is 8.82. The van der Waals surface area contributed by atoms with Gasteiger partial charge in [-0.3, -0.25) is 19.6 Å². The van der Waals surface area contributed by atoms with Crippen LogP contribution in [0.25, 0.3) is 22.5 Å². The third-order valence-corrected chi connectivity index (χ3v) is 11.5. The van der Waals surface area contributed by atoms with Gasteiger partial charge in [-0.05, 0) is 62.1 Å². The van der Waals surface area contributed by atoms with Crippen LogP contribution in [0.3, 0.4) is 0 Å². The van der Waals surface area contributed by atoms with Gasteiger partial charge < -0.3 is 26.0 Å². The number of anilines is 4. The van der Waals surface area contributed by atoms with Crippen molar-refractivity contribution in [2.45, 2.75) is 67.5 Å². The second kappa shape index (κ2) is 17.9. The van der Waals surface area contributed by atoms with E-state index in [-0.39, 0.29) is 5.91 Å². The number of nitrogens with two attached hydrogens (primary N) is 1. The maximum absolute atomic E-state index is 11.3. The van der Waals surface area contributed by atoms with Gasteiger partial charge in [0, 0.05) is 85.4 Å². The van der Waals surface area contributed by atoms with Crippen LogP contribution in [0.5, 0.6) is 0 Å². The molecule has 2 aliphatic rings. The Kier molecular flexibility index (Phi) is 13.0. The molecule has 0 spiro atoms. The number of hydrogen-bond donors (Lipinski definition) is 3. The average Bonchev–Trinajstić information content (AvgIpc) is 3.73. The Morgan fingerprint density at radius 1 is 0.719 bits per heavy atom. The van der Waals surface area contributed by atoms with Crippen LogP contribution in [-0.4, -0.2) is 60.0 Å². The van der Waals surface area contributed by atoms with Crippen LogP contribution in [0.4, 0.5) is 21.9 Å². The van der Waals surface area contributed by atoms with Crippen molar-refractivity contribution in [3.63, 3.8) is 0 Å². The molecule has 0 saturated heterocycles. The number of aromatic nitrogens is 6. The number of amides is 1. The first kappa shape index (κ1) is 41.4. The molecule has 0 saturated carbocycles. The largest absolute Gasteiger partial charge is 0.481 e. The molecular formula is C40H42Cl2N10O3S2. The lowest BCUT2D eigenvalue weighted by molar-refractivity contribution is -0.134. The molecule has 57 heavy (non-hydrogen) atoms. The number of pyridine rings is 4. The monoisotopic (exact) mass is 844 g/mol. The number of aryl methyl sites for hydroxylation is 4. The van der Waals surface area contributed by atoms with Crippen LogP contribution in [0, 0.1) is 27.7 Å². The molecule has 296 valence electrons. The van der Waals surface area contributed by atoms with Crippen molar-refractivity contribution < 1.29 is 14.7 Å². The smallest absolute Gasteiger partial charge is 0.300 e. The number of fused-ring (bicyclic) bond motifs is 2. The number of carboxylic acids is 1. The Bertz CT molecular complexity index is 2450. The van der Waals surface area contributed by atoms with Crippen molar-refractivity contribution in [3.8, 4) is 22.5 Å². The number of carboxylic acid groups (broad SMARTS) is 1. The number of halogens is 2. The van der Waals surface area contributed by atoms with Crippen molar-refractivity contribution in [1.29, 1.82) is 0 Å². The summed E-state index contributed by atoms with van der Waals surface area (Å²) in [4.78, 5) is 54.3. The molecule has 17 heteroatoms. The quantitative estimate of drug-likeness (QED) is 0.151. The lowest BCUT2D eigenvalue weighted by Gasteiger charge is -2.27. The first-order valence-electron chi connectivity index (χ1n) is 18.0. The van der Waals surface area contributed by atoms with E-state index in [4.69, 9.17) is 38.8 Å². The third-order valence-electron chi connectivity index (χ3n) is 9.03. The van der Waals surface area contributed by atoms with E-state index >= 15 is 0 Å². The fourth-order valence-corrected chi connectivity index (χ4v) is 8.91. The van der Waals surface area contributed by atoms with Gasteiger partial charge in [-0.25, -0.2) is 19.9 Å². The van der Waals surface area contributed by atoms with E-state index in [2.05, 4.69) is 64.1 Å². The number of carbonyl (C=O) groups excluding carboxylic acids is 1. The van der Waals surface area contributed by atoms with Crippen molar-refractivity contribution in [3.05, 3.63) is 102 Å². The van der Waals surface area contributed by atoms with Crippen LogP contribution in [-0.2, 0) is 35.5 Å². The normalized spacial score (nSPS) is 13.1. The highest BCUT2D eigenvalue weighted by atomic mass is 35.5. The van der Waals surface area contributed by atoms with Crippen LogP contribution in [0.2, 0.25) is 10.0 Å². The van der Waals surface area contributed by atoms with Gasteiger partial charge in [0.15, 0.2) is 10.3 Å². The van der Waals surface area contributed by atoms with Gasteiger partial charge in [0.05, 0.1) is 45.9 Å². The second-order valence-corrected chi connectivity index (χ2v) is 16.8. The molecule has 0 aromatic carbocycles. The highest BCUT2D eigenvalue weighted by molar-refractivity contribution is 7.16. The van der Waals surface area contributed by atoms with E-state index in [1.807, 2.05) is 45.3 Å². The van der Waals surface area contributed by atoms with Crippen LogP contribution in [0.1, 0.15) is 57.2 Å². The zero-order chi connectivity index (χ0) is 41.0. The molecule has 2 aliphatic heterocycles. The molecule has 6 aromatic rings. The zero-order valence-electron chi connectivity index (χ0n) is 32.4. The molecular weight excluding hydrogens is 804 g/mol. The zero-order valence-corrected chi connectivity index (χ0v) is 35.5. The van der Waals surface area contributed by atoms with Crippen molar-refractivity contribution in [2.75, 3.05) is 33.9 Å². The van der Waals surface area contributed by atoms with E-state index in [0.29, 0.717) is 26.9 Å². The van der Waals surface area contributed by atoms with Crippen molar-refractivity contribution in [2.24, 2.45) is 0 Å². The summed E-state index contributed by atoms with van der Waals surface area (Å²) in [5, 5.41) is 12.7. The number of nitrogens with zero attached hydrogens (tertiary/aromatic N) is 8. The molecule has 8 rings (SSSR count). The van der Waals surface area contributed by atoms with E-state index in [9.17, 15) is 4.79 Å². The van der Waals surface area contributed by atoms with Gasteiger partial charge in [-0.2, -0.15) is 0 Å². The fraction of sp³-hybridized carbons (Fsp3) is 0.300. The molecule has 4 N–H and O–H groups in total. The molecule has 0 radical (unpaired) electrons. The van der Waals surface area contributed by atoms with Gasteiger partial charge in [0.1, 0.15) is 11.6 Å². The molecule has 8 heterocycles. The number of aliphatic carboxylic acids is 1. The molecule has 6 aromatic heterocycles. The Morgan fingerprint density at radius 2 is 1.18 bits per heavy atom. The van der Waals surface area contributed by atoms with Gasteiger partial charge in [0.25, 0.3) is 5.97 Å². The minimum absolute atomic E-state index is 0.104. The van der Waals surface area contributed by atoms with Gasteiger partial charge in [-0.1, -0.05) is 46.7 Å². The Hall–Kier alpha value is -5.22. The summed E-state index contributed by atoms with van der Waals surface area (Å²) in [5.74, 6) is 0.827. The molecule has 0 bridgehead atoms. The number of carbonyl (C=O) groups is 2. The van der Waals surface area contributed by atoms with Crippen molar-refractivity contribution in [1.82, 2.24) is 29.9 Å². The minimum Gasteiger partial charge on any atom is -0.481 e. The predicted octanol–water partition coefficient (Wildman–Crippen LogP) is 8.50. The number of nitrogens with one attached hydrogen (secondary N) is 1. The summed E-state index contributed by atoms with van der Waals surface area (Å²) in [6, 6.07) is 8.26. The summed E-state index contributed by atoms with van der Waals surface area (Å²) in [6.45, 7) is 13.9. The lowest BCUT2D eigenvalue weighted by Crippen LogP contribution is -2.30. The highest BCUT2D eigenvalue weighted by Gasteiger charge is 2.24. The van der Waals surface area contributed by atoms with E-state index in [0.717, 1.165) is 112 Å². The molecule has 0 atom stereocenters. The molecule has 0 unspecified atom stereocenters. The fourth-order valence-electron chi connectivity index (χ4n) is 6.56. The van der Waals surface area contributed by atoms with Crippen LogP contribution in [0.15, 0.2) is 49.1 Å². The van der Waals surface area contributed by atoms with Crippen LogP contribution >= 0.6 is 45.9 Å². The van der Waals surface area contributed by atoms with E-state index in [1.54, 1.807) is 23.7 Å². The van der Waals surface area contributed by atoms with Crippen molar-refractivity contribution >= 4 is 79.7 Å². The second-order valence-electron chi connectivity index (χ2n) is 13.8. The number of rotatable bonds is 5. The number of hydrogen-bond acceptors (Lipinski definition) is 13. The topological polar surface area (TPSA) is 176 Å². The number of nitrogen functional groups attached to an aromatic ring is 1. The number of thiazole rings is 2. The average molecular weight is 846 g/mol. The summed E-state index contributed by atoms with van der Waals surface area (Å²) >= 11 is 15.9. The van der Waals surface area contributed by atoms with E-state index in [1.165, 1.54) is 23.1 Å². The Labute approximate surface area is 349 Å². The van der Waals surface area contributed by atoms with E-state index < -0.39 is 5.97 Å². The molecule has 1 amide bonds. The standard InChI is InChI=1S/C20H20ClN5OS.C18H18ClN5S.C2H4O2/c1-11-6-12(2)19(23-8-11)14-7-18(22-9-15(14)21)26-5-4-16-17(10-26)28-20(25-16)24-13(3)27;1-10-5-11(2)17(22-7-10)12-6-16(21-8-13(12)19)24-4-3-14-15(9-24)25-18(20)23-14;1-2(3)4/h6-9H,4-5,10H2,1-3H3,(H,24,25,27);5-8H,3-4,9H2,1-2H3,(H2,20,23);1H3,(H,3,4). The van der Waals surface area contributed by atoms with Gasteiger partial charge in [-0.15, -0.1) is 11.3 Å².